The number of benzene rings is 1. The van der Waals surface area contributed by atoms with E-state index in [0.717, 1.165) is 10.6 Å². The normalized spacial score (nSPS) is 10.0. The molecule has 0 saturated heterocycles. The van der Waals surface area contributed by atoms with Gasteiger partial charge in [-0.3, -0.25) is 5.32 Å². The molecule has 1 amide bonds. The highest BCUT2D eigenvalue weighted by Gasteiger charge is 2.09. The van der Waals surface area contributed by atoms with Gasteiger partial charge in [-0.25, -0.2) is 9.78 Å². The maximum absolute atomic E-state index is 11.2. The first-order chi connectivity index (χ1) is 10.2. The van der Waals surface area contributed by atoms with Gasteiger partial charge in [-0.1, -0.05) is 18.2 Å². The number of carbonyl (C=O) groups excluding carboxylic acids is 1. The molecule has 0 radical (unpaired) electrons. The van der Waals surface area contributed by atoms with E-state index in [1.807, 2.05) is 30.3 Å². The molecule has 0 aliphatic heterocycles. The number of nitrogens with zero attached hydrogens (tertiary/aromatic N) is 2. The number of methoxy groups -OCH3 is 2. The summed E-state index contributed by atoms with van der Waals surface area (Å²) in [5.41, 5.74) is 0.752. The lowest BCUT2D eigenvalue weighted by atomic mass is 10.4. The summed E-state index contributed by atoms with van der Waals surface area (Å²) in [5.74, 6) is 1.18. The monoisotopic (exact) mass is 305 g/mol. The Balaban J connectivity index is 2.10. The molecule has 1 aromatic heterocycles. The molecular weight excluding hydrogens is 290 g/mol. The molecule has 1 N–H and O–H groups in total. The first kappa shape index (κ1) is 15.1. The van der Waals surface area contributed by atoms with E-state index in [1.165, 1.54) is 14.2 Å². The van der Waals surface area contributed by atoms with Gasteiger partial charge in [0.05, 0.1) is 19.9 Å². The summed E-state index contributed by atoms with van der Waals surface area (Å²) >= 11 is 1.64. The van der Waals surface area contributed by atoms with Crippen LogP contribution < -0.4 is 10.1 Å². The van der Waals surface area contributed by atoms with Gasteiger partial charge in [0.15, 0.2) is 0 Å². The molecule has 0 spiro atoms. The Morgan fingerprint density at radius 3 is 2.67 bits per heavy atom. The third-order valence-electron chi connectivity index (χ3n) is 2.49. The molecule has 2 aromatic rings. The Hall–Kier alpha value is -2.28. The molecule has 0 unspecified atom stereocenters. The van der Waals surface area contributed by atoms with Crippen molar-refractivity contribution in [2.24, 2.45) is 0 Å². The lowest BCUT2D eigenvalue weighted by Crippen LogP contribution is -2.14. The quantitative estimate of drug-likeness (QED) is 0.856. The van der Waals surface area contributed by atoms with Crippen molar-refractivity contribution in [3.8, 4) is 5.88 Å². The fourth-order valence-corrected chi connectivity index (χ4v) is 2.34. The summed E-state index contributed by atoms with van der Waals surface area (Å²) in [6.07, 6.45) is -0.620. The minimum Gasteiger partial charge on any atom is -0.481 e. The number of ether oxygens (including phenoxy) is 2. The molecule has 0 aliphatic carbocycles. The van der Waals surface area contributed by atoms with Gasteiger partial charge in [-0.05, 0) is 12.1 Å². The summed E-state index contributed by atoms with van der Waals surface area (Å²) < 4.78 is 9.63. The lowest BCUT2D eigenvalue weighted by Gasteiger charge is -2.07. The van der Waals surface area contributed by atoms with Gasteiger partial charge in [0.1, 0.15) is 0 Å². The number of thioether (sulfide) groups is 1. The van der Waals surface area contributed by atoms with E-state index >= 15 is 0 Å². The van der Waals surface area contributed by atoms with Gasteiger partial charge in [-0.2, -0.15) is 4.98 Å². The largest absolute Gasteiger partial charge is 0.481 e. The number of hydrogen-bond acceptors (Lipinski definition) is 6. The molecule has 0 atom stereocenters. The van der Waals surface area contributed by atoms with Gasteiger partial charge >= 0.3 is 6.09 Å². The average molecular weight is 305 g/mol. The predicted molar refractivity (Wildman–Crippen MR) is 80.6 cm³/mol. The molecule has 0 saturated carbocycles. The van der Waals surface area contributed by atoms with Crippen LogP contribution in [0.25, 0.3) is 0 Å². The Morgan fingerprint density at radius 1 is 1.24 bits per heavy atom. The number of rotatable bonds is 5. The Morgan fingerprint density at radius 2 is 2.00 bits per heavy atom. The molecule has 0 bridgehead atoms. The Labute approximate surface area is 126 Å². The minimum absolute atomic E-state index is 0.157. The average Bonchev–Trinajstić information content (AvgIpc) is 2.53. The second-order valence-corrected chi connectivity index (χ2v) is 4.99. The van der Waals surface area contributed by atoms with Crippen LogP contribution in [0.2, 0.25) is 0 Å². The zero-order valence-electron chi connectivity index (χ0n) is 11.7. The van der Waals surface area contributed by atoms with Crippen molar-refractivity contribution in [2.75, 3.05) is 19.5 Å². The summed E-state index contributed by atoms with van der Waals surface area (Å²) in [4.78, 5) is 20.6. The lowest BCUT2D eigenvalue weighted by molar-refractivity contribution is 0.186. The Kier molecular flexibility index (Phi) is 5.39. The predicted octanol–water partition coefficient (Wildman–Crippen LogP) is 2.96. The van der Waals surface area contributed by atoms with E-state index in [1.54, 1.807) is 17.8 Å². The first-order valence-electron chi connectivity index (χ1n) is 6.16. The molecule has 110 valence electrons. The van der Waals surface area contributed by atoms with Crippen molar-refractivity contribution >= 4 is 23.8 Å². The van der Waals surface area contributed by atoms with Crippen molar-refractivity contribution in [3.63, 3.8) is 0 Å². The molecule has 1 aromatic carbocycles. The number of nitrogens with one attached hydrogen (secondary N) is 1. The van der Waals surface area contributed by atoms with Gasteiger partial charge in [0, 0.05) is 16.7 Å². The van der Waals surface area contributed by atoms with E-state index in [4.69, 9.17) is 4.74 Å². The van der Waals surface area contributed by atoms with Crippen LogP contribution in [0.15, 0.2) is 41.3 Å². The van der Waals surface area contributed by atoms with E-state index in [9.17, 15) is 4.79 Å². The molecule has 2 rings (SSSR count). The fraction of sp³-hybridized carbons (Fsp3) is 0.214. The van der Waals surface area contributed by atoms with Crippen LogP contribution in [0.4, 0.5) is 10.7 Å². The Bertz CT molecular complexity index is 608. The smallest absolute Gasteiger partial charge is 0.413 e. The highest BCUT2D eigenvalue weighted by atomic mass is 32.2. The van der Waals surface area contributed by atoms with Crippen molar-refractivity contribution in [3.05, 3.63) is 42.1 Å². The van der Waals surface area contributed by atoms with Crippen LogP contribution in [0.1, 0.15) is 5.69 Å². The van der Waals surface area contributed by atoms with Crippen molar-refractivity contribution < 1.29 is 14.3 Å². The number of amides is 1. The molecule has 6 nitrogen and oxygen atoms in total. The minimum atomic E-state index is -0.620. The third kappa shape index (κ3) is 4.64. The first-order valence-corrected chi connectivity index (χ1v) is 7.14. The van der Waals surface area contributed by atoms with Gasteiger partial charge < -0.3 is 9.47 Å². The molecule has 1 heterocycles. The topological polar surface area (TPSA) is 73.3 Å². The molecule has 0 fully saturated rings. The second kappa shape index (κ2) is 7.49. The summed E-state index contributed by atoms with van der Waals surface area (Å²) in [5, 5.41) is 2.43. The molecule has 0 aliphatic rings. The van der Waals surface area contributed by atoms with Crippen molar-refractivity contribution in [1.82, 2.24) is 9.97 Å². The zero-order valence-corrected chi connectivity index (χ0v) is 12.5. The number of anilines is 1. The van der Waals surface area contributed by atoms with E-state index in [0.29, 0.717) is 11.6 Å². The molecular formula is C14H15N3O3S. The fourth-order valence-electron chi connectivity index (χ4n) is 1.52. The van der Waals surface area contributed by atoms with Crippen LogP contribution in [0.3, 0.4) is 0 Å². The van der Waals surface area contributed by atoms with Crippen LogP contribution in [-0.2, 0) is 10.5 Å². The van der Waals surface area contributed by atoms with Crippen molar-refractivity contribution in [1.29, 1.82) is 0 Å². The zero-order chi connectivity index (χ0) is 15.1. The van der Waals surface area contributed by atoms with Crippen molar-refractivity contribution in [2.45, 2.75) is 10.6 Å². The maximum atomic E-state index is 11.2. The van der Waals surface area contributed by atoms with E-state index in [-0.39, 0.29) is 5.95 Å². The molecule has 7 heteroatoms. The summed E-state index contributed by atoms with van der Waals surface area (Å²) in [6, 6.07) is 11.7. The number of hydrogen-bond donors (Lipinski definition) is 1. The van der Waals surface area contributed by atoms with Crippen LogP contribution in [0.5, 0.6) is 5.88 Å². The van der Waals surface area contributed by atoms with Crippen LogP contribution in [0, 0.1) is 0 Å². The number of carbonyl (C=O) groups is 1. The number of aromatic nitrogens is 2. The SMILES string of the molecule is COC(=O)Nc1nc(CSc2ccccc2)cc(OC)n1. The van der Waals surface area contributed by atoms with E-state index in [2.05, 4.69) is 20.0 Å². The van der Waals surface area contributed by atoms with Gasteiger partial charge in [-0.15, -0.1) is 11.8 Å². The van der Waals surface area contributed by atoms with Crippen LogP contribution >= 0.6 is 11.8 Å². The highest BCUT2D eigenvalue weighted by Crippen LogP contribution is 2.23. The second-order valence-electron chi connectivity index (χ2n) is 3.94. The third-order valence-corrected chi connectivity index (χ3v) is 3.54. The van der Waals surface area contributed by atoms with Gasteiger partial charge in [0.25, 0.3) is 0 Å². The standard InChI is InChI=1S/C14H15N3O3S/c1-19-12-8-10(9-21-11-6-4-3-5-7-11)15-13(16-12)17-14(18)20-2/h3-8H,9H2,1-2H3,(H,15,16,17,18). The maximum Gasteiger partial charge on any atom is 0.413 e. The van der Waals surface area contributed by atoms with Gasteiger partial charge in [0.2, 0.25) is 11.8 Å². The summed E-state index contributed by atoms with van der Waals surface area (Å²) in [7, 11) is 2.79. The highest BCUT2D eigenvalue weighted by molar-refractivity contribution is 7.98. The molecule has 21 heavy (non-hydrogen) atoms. The summed E-state index contributed by atoms with van der Waals surface area (Å²) in [6.45, 7) is 0. The van der Waals surface area contributed by atoms with Crippen LogP contribution in [-0.4, -0.2) is 30.3 Å². The van der Waals surface area contributed by atoms with E-state index < -0.39 is 6.09 Å².